The summed E-state index contributed by atoms with van der Waals surface area (Å²) in [4.78, 5) is 2.16. The third-order valence-electron chi connectivity index (χ3n) is 5.84. The van der Waals surface area contributed by atoms with Crippen molar-refractivity contribution < 1.29 is 10.2 Å². The lowest BCUT2D eigenvalue weighted by Crippen LogP contribution is -2.45. The fraction of sp³-hybridized carbons (Fsp3) is 0.478. The van der Waals surface area contributed by atoms with Gasteiger partial charge >= 0.3 is 0 Å². The van der Waals surface area contributed by atoms with E-state index in [9.17, 15) is 10.2 Å². The molecule has 3 nitrogen and oxygen atoms in total. The number of phenols is 1. The molecule has 0 radical (unpaired) electrons. The summed E-state index contributed by atoms with van der Waals surface area (Å²) in [5, 5.41) is 21.4. The van der Waals surface area contributed by atoms with Gasteiger partial charge in [0.15, 0.2) is 0 Å². The van der Waals surface area contributed by atoms with Gasteiger partial charge in [0.2, 0.25) is 0 Å². The molecule has 27 heavy (non-hydrogen) atoms. The molecular weight excluding hydrogens is 358 g/mol. The van der Waals surface area contributed by atoms with Gasteiger partial charge in [0.05, 0.1) is 5.60 Å². The first-order valence-electron chi connectivity index (χ1n) is 9.68. The second kappa shape index (κ2) is 9.59. The van der Waals surface area contributed by atoms with E-state index in [0.29, 0.717) is 5.92 Å². The number of hydrogen-bond acceptors (Lipinski definition) is 3. The van der Waals surface area contributed by atoms with Gasteiger partial charge in [-0.2, -0.15) is 0 Å². The maximum absolute atomic E-state index is 11.5. The van der Waals surface area contributed by atoms with Crippen LogP contribution in [0.1, 0.15) is 36.8 Å². The fourth-order valence-corrected chi connectivity index (χ4v) is 4.44. The molecule has 2 aromatic carbocycles. The Bertz CT molecular complexity index is 707. The van der Waals surface area contributed by atoms with E-state index in [0.717, 1.165) is 37.8 Å². The van der Waals surface area contributed by atoms with Crippen LogP contribution < -0.4 is 0 Å². The average Bonchev–Trinajstić information content (AvgIpc) is 2.63. The number of aromatic hydroxyl groups is 1. The lowest BCUT2D eigenvalue weighted by Gasteiger charge is -2.44. The van der Waals surface area contributed by atoms with Crippen LogP contribution in [0.5, 0.6) is 5.75 Å². The largest absolute Gasteiger partial charge is 0.508 e. The van der Waals surface area contributed by atoms with Crippen molar-refractivity contribution in [3.8, 4) is 5.75 Å². The molecule has 1 saturated carbocycles. The van der Waals surface area contributed by atoms with E-state index in [1.807, 2.05) is 12.1 Å². The SMILES string of the molecule is CN(C)CC1CC(CCc2ccccc2)CCC1(O)c1cccc(O)c1.Cl. The third-order valence-corrected chi connectivity index (χ3v) is 5.84. The van der Waals surface area contributed by atoms with Gasteiger partial charge in [-0.3, -0.25) is 0 Å². The Balaban J connectivity index is 0.00000261. The number of nitrogens with zero attached hydrogens (tertiary/aromatic N) is 1. The number of rotatable bonds is 6. The summed E-state index contributed by atoms with van der Waals surface area (Å²) in [5.41, 5.74) is 1.39. The van der Waals surface area contributed by atoms with E-state index < -0.39 is 5.60 Å². The van der Waals surface area contributed by atoms with E-state index in [1.165, 1.54) is 12.0 Å². The summed E-state index contributed by atoms with van der Waals surface area (Å²) < 4.78 is 0. The number of aliphatic hydroxyl groups is 1. The number of benzene rings is 2. The lowest BCUT2D eigenvalue weighted by molar-refractivity contribution is -0.0761. The van der Waals surface area contributed by atoms with Crippen LogP contribution in [0.15, 0.2) is 54.6 Å². The number of halogens is 1. The molecule has 2 N–H and O–H groups in total. The van der Waals surface area contributed by atoms with Gasteiger partial charge in [-0.15, -0.1) is 12.4 Å². The summed E-state index contributed by atoms with van der Waals surface area (Å²) in [6.07, 6.45) is 5.09. The number of aryl methyl sites for hydroxylation is 1. The van der Waals surface area contributed by atoms with E-state index in [2.05, 4.69) is 49.3 Å². The zero-order valence-corrected chi connectivity index (χ0v) is 17.2. The molecule has 1 aliphatic carbocycles. The summed E-state index contributed by atoms with van der Waals surface area (Å²) in [7, 11) is 4.13. The van der Waals surface area contributed by atoms with Gasteiger partial charge in [-0.1, -0.05) is 42.5 Å². The van der Waals surface area contributed by atoms with Crippen molar-refractivity contribution in [2.45, 2.75) is 37.7 Å². The molecule has 1 fully saturated rings. The predicted octanol–water partition coefficient (Wildman–Crippen LogP) is 4.61. The smallest absolute Gasteiger partial charge is 0.115 e. The molecule has 3 rings (SSSR count). The predicted molar refractivity (Wildman–Crippen MR) is 113 cm³/mol. The molecule has 0 amide bonds. The zero-order chi connectivity index (χ0) is 18.6. The summed E-state index contributed by atoms with van der Waals surface area (Å²) in [6.45, 7) is 0.855. The Hall–Kier alpha value is -1.55. The van der Waals surface area contributed by atoms with E-state index >= 15 is 0 Å². The first-order valence-corrected chi connectivity index (χ1v) is 9.68. The highest BCUT2D eigenvalue weighted by Crippen LogP contribution is 2.45. The van der Waals surface area contributed by atoms with Gasteiger partial charge in [0, 0.05) is 12.5 Å². The highest BCUT2D eigenvalue weighted by atomic mass is 35.5. The molecular formula is C23H32ClNO2. The van der Waals surface area contributed by atoms with Gasteiger partial charge in [0.25, 0.3) is 0 Å². The molecule has 2 aromatic rings. The van der Waals surface area contributed by atoms with Crippen LogP contribution in [-0.4, -0.2) is 35.8 Å². The van der Waals surface area contributed by atoms with Crippen LogP contribution in [0.3, 0.4) is 0 Å². The van der Waals surface area contributed by atoms with E-state index in [4.69, 9.17) is 0 Å². The Labute approximate surface area is 169 Å². The minimum absolute atomic E-state index is 0. The van der Waals surface area contributed by atoms with Gasteiger partial charge in [-0.05, 0) is 75.4 Å². The van der Waals surface area contributed by atoms with Gasteiger partial charge in [-0.25, -0.2) is 0 Å². The maximum Gasteiger partial charge on any atom is 0.115 e. The third kappa shape index (κ3) is 5.47. The van der Waals surface area contributed by atoms with Crippen molar-refractivity contribution >= 4 is 12.4 Å². The molecule has 3 atom stereocenters. The fourth-order valence-electron chi connectivity index (χ4n) is 4.44. The maximum atomic E-state index is 11.5. The molecule has 4 heteroatoms. The monoisotopic (exact) mass is 389 g/mol. The van der Waals surface area contributed by atoms with Crippen molar-refractivity contribution in [1.82, 2.24) is 4.90 Å². The standard InChI is InChI=1S/C23H31NO2.ClH/c1-24(2)17-21-15-19(12-11-18-7-4-3-5-8-18)13-14-23(21,26)20-9-6-10-22(25)16-20;/h3-10,16,19,21,25-26H,11-15,17H2,1-2H3;1H. The highest BCUT2D eigenvalue weighted by molar-refractivity contribution is 5.85. The van der Waals surface area contributed by atoms with Crippen molar-refractivity contribution in [3.05, 3.63) is 65.7 Å². The van der Waals surface area contributed by atoms with Crippen LogP contribution in [-0.2, 0) is 12.0 Å². The topological polar surface area (TPSA) is 43.7 Å². The molecule has 0 heterocycles. The quantitative estimate of drug-likeness (QED) is 0.758. The summed E-state index contributed by atoms with van der Waals surface area (Å²) in [5.74, 6) is 1.04. The second-order valence-electron chi connectivity index (χ2n) is 8.10. The van der Waals surface area contributed by atoms with E-state index in [-0.39, 0.29) is 24.1 Å². The van der Waals surface area contributed by atoms with Crippen LogP contribution >= 0.6 is 12.4 Å². The molecule has 0 saturated heterocycles. The van der Waals surface area contributed by atoms with Crippen molar-refractivity contribution in [1.29, 1.82) is 0 Å². The summed E-state index contributed by atoms with van der Waals surface area (Å²) >= 11 is 0. The first kappa shape index (κ1) is 21.7. The first-order chi connectivity index (χ1) is 12.5. The lowest BCUT2D eigenvalue weighted by atomic mass is 9.66. The van der Waals surface area contributed by atoms with Crippen molar-refractivity contribution in [2.24, 2.45) is 11.8 Å². The van der Waals surface area contributed by atoms with E-state index in [1.54, 1.807) is 12.1 Å². The normalized spacial score (nSPS) is 25.2. The Morgan fingerprint density at radius 3 is 2.48 bits per heavy atom. The molecule has 0 spiro atoms. The van der Waals surface area contributed by atoms with Crippen molar-refractivity contribution in [2.75, 3.05) is 20.6 Å². The molecule has 3 unspecified atom stereocenters. The average molecular weight is 390 g/mol. The summed E-state index contributed by atoms with van der Waals surface area (Å²) in [6, 6.07) is 17.8. The minimum Gasteiger partial charge on any atom is -0.508 e. The van der Waals surface area contributed by atoms with Crippen LogP contribution in [0.4, 0.5) is 0 Å². The van der Waals surface area contributed by atoms with Crippen LogP contribution in [0, 0.1) is 11.8 Å². The van der Waals surface area contributed by atoms with Gasteiger partial charge in [0.1, 0.15) is 5.75 Å². The molecule has 148 valence electrons. The molecule has 0 bridgehead atoms. The van der Waals surface area contributed by atoms with Crippen molar-refractivity contribution in [3.63, 3.8) is 0 Å². The van der Waals surface area contributed by atoms with Crippen LogP contribution in [0.25, 0.3) is 0 Å². The minimum atomic E-state index is -0.855. The zero-order valence-electron chi connectivity index (χ0n) is 16.3. The van der Waals surface area contributed by atoms with Gasteiger partial charge < -0.3 is 15.1 Å². The Morgan fingerprint density at radius 1 is 1.07 bits per heavy atom. The molecule has 1 aliphatic rings. The second-order valence-corrected chi connectivity index (χ2v) is 8.10. The van der Waals surface area contributed by atoms with Crippen LogP contribution in [0.2, 0.25) is 0 Å². The Morgan fingerprint density at radius 2 is 1.81 bits per heavy atom. The molecule has 0 aromatic heterocycles. The Kier molecular flexibility index (Phi) is 7.72. The molecule has 0 aliphatic heterocycles. The highest BCUT2D eigenvalue weighted by Gasteiger charge is 2.43. The number of hydrogen-bond donors (Lipinski definition) is 2. The number of phenolic OH excluding ortho intramolecular Hbond substituents is 1.